The summed E-state index contributed by atoms with van der Waals surface area (Å²) >= 11 is 6.04. The fraction of sp³-hybridized carbons (Fsp3) is 0.440. The summed E-state index contributed by atoms with van der Waals surface area (Å²) in [4.78, 5) is 30.1. The van der Waals surface area contributed by atoms with E-state index in [2.05, 4.69) is 10.2 Å². The lowest BCUT2D eigenvalue weighted by atomic mass is 9.94. The van der Waals surface area contributed by atoms with Gasteiger partial charge in [-0.2, -0.15) is 0 Å². The fourth-order valence-electron chi connectivity index (χ4n) is 4.89. The van der Waals surface area contributed by atoms with E-state index in [9.17, 15) is 14.0 Å². The lowest BCUT2D eigenvalue weighted by Crippen LogP contribution is -2.57. The molecule has 2 aliphatic rings. The number of carbonyl (C=O) groups is 2. The van der Waals surface area contributed by atoms with Gasteiger partial charge in [-0.3, -0.25) is 14.5 Å². The van der Waals surface area contributed by atoms with Crippen LogP contribution in [-0.2, 0) is 11.3 Å². The highest BCUT2D eigenvalue weighted by atomic mass is 35.5. The Kier molecular flexibility index (Phi) is 7.43. The first-order valence-corrected chi connectivity index (χ1v) is 11.7. The Morgan fingerprint density at radius 3 is 2.44 bits per heavy atom. The van der Waals surface area contributed by atoms with Crippen molar-refractivity contribution in [2.45, 2.75) is 38.3 Å². The zero-order valence-electron chi connectivity index (χ0n) is 18.1. The molecule has 2 amide bonds. The van der Waals surface area contributed by atoms with Gasteiger partial charge in [0.2, 0.25) is 5.91 Å². The van der Waals surface area contributed by atoms with Gasteiger partial charge in [-0.15, -0.1) is 0 Å². The molecular formula is C25H29ClFN3O2. The highest BCUT2D eigenvalue weighted by molar-refractivity contribution is 6.30. The van der Waals surface area contributed by atoms with E-state index in [1.807, 2.05) is 4.90 Å². The van der Waals surface area contributed by atoms with Crippen LogP contribution in [0.25, 0.3) is 0 Å². The highest BCUT2D eigenvalue weighted by Crippen LogP contribution is 2.31. The lowest BCUT2D eigenvalue weighted by Gasteiger charge is -2.40. The molecule has 0 radical (unpaired) electrons. The maximum absolute atomic E-state index is 14.0. The number of amides is 2. The smallest absolute Gasteiger partial charge is 0.253 e. The first kappa shape index (κ1) is 22.7. The zero-order valence-corrected chi connectivity index (χ0v) is 18.9. The van der Waals surface area contributed by atoms with Gasteiger partial charge in [0.05, 0.1) is 6.04 Å². The molecule has 32 heavy (non-hydrogen) atoms. The molecule has 1 saturated carbocycles. The van der Waals surface area contributed by atoms with Crippen LogP contribution in [0.2, 0.25) is 5.02 Å². The predicted octanol–water partition coefficient (Wildman–Crippen LogP) is 4.11. The van der Waals surface area contributed by atoms with Crippen molar-refractivity contribution >= 4 is 23.4 Å². The first-order chi connectivity index (χ1) is 15.5. The number of rotatable bonds is 6. The van der Waals surface area contributed by atoms with Crippen LogP contribution in [0.1, 0.15) is 41.6 Å². The predicted molar refractivity (Wildman–Crippen MR) is 123 cm³/mol. The third kappa shape index (κ3) is 5.30. The molecule has 1 saturated heterocycles. The van der Waals surface area contributed by atoms with Gasteiger partial charge in [-0.05, 0) is 43.0 Å². The normalized spacial score (nSPS) is 18.5. The summed E-state index contributed by atoms with van der Waals surface area (Å²) in [6, 6.07) is 13.3. The SMILES string of the molecule is O=C(NCc1ccccc1F)C(C1CCCC1)N1CCN(C(=O)c2cccc(Cl)c2)CC1. The fourth-order valence-corrected chi connectivity index (χ4v) is 5.08. The van der Waals surface area contributed by atoms with Crippen molar-refractivity contribution in [2.24, 2.45) is 5.92 Å². The molecule has 1 N–H and O–H groups in total. The second kappa shape index (κ2) is 10.5. The third-order valence-electron chi connectivity index (χ3n) is 6.59. The molecule has 1 atom stereocenters. The number of hydrogen-bond donors (Lipinski definition) is 1. The average molecular weight is 458 g/mol. The van der Waals surface area contributed by atoms with Crippen LogP contribution in [0.15, 0.2) is 48.5 Å². The Morgan fingerprint density at radius 2 is 1.75 bits per heavy atom. The summed E-state index contributed by atoms with van der Waals surface area (Å²) < 4.78 is 14.0. The van der Waals surface area contributed by atoms with Crippen LogP contribution >= 0.6 is 11.6 Å². The summed E-state index contributed by atoms with van der Waals surface area (Å²) in [5.41, 5.74) is 1.07. The maximum atomic E-state index is 14.0. The second-order valence-corrected chi connectivity index (χ2v) is 9.07. The number of hydrogen-bond acceptors (Lipinski definition) is 3. The van der Waals surface area contributed by atoms with E-state index in [0.29, 0.717) is 48.2 Å². The molecule has 2 aromatic rings. The second-order valence-electron chi connectivity index (χ2n) is 8.64. The minimum atomic E-state index is -0.307. The van der Waals surface area contributed by atoms with Crippen molar-refractivity contribution < 1.29 is 14.0 Å². The highest BCUT2D eigenvalue weighted by Gasteiger charge is 2.37. The molecule has 2 aromatic carbocycles. The van der Waals surface area contributed by atoms with E-state index in [1.54, 1.807) is 42.5 Å². The number of carbonyl (C=O) groups excluding carboxylic acids is 2. The van der Waals surface area contributed by atoms with Gasteiger partial charge in [-0.25, -0.2) is 4.39 Å². The van der Waals surface area contributed by atoms with Crippen LogP contribution in [0.3, 0.4) is 0 Å². The Balaban J connectivity index is 1.40. The van der Waals surface area contributed by atoms with E-state index in [0.717, 1.165) is 25.7 Å². The number of piperazine rings is 1. The quantitative estimate of drug-likeness (QED) is 0.710. The molecule has 170 valence electrons. The number of benzene rings is 2. The van der Waals surface area contributed by atoms with Gasteiger partial charge < -0.3 is 10.2 Å². The molecule has 4 rings (SSSR count). The van der Waals surface area contributed by atoms with Crippen molar-refractivity contribution in [2.75, 3.05) is 26.2 Å². The number of halogens is 2. The van der Waals surface area contributed by atoms with Crippen LogP contribution in [0.5, 0.6) is 0 Å². The van der Waals surface area contributed by atoms with Gasteiger partial charge in [0.25, 0.3) is 5.91 Å². The van der Waals surface area contributed by atoms with E-state index in [4.69, 9.17) is 11.6 Å². The molecule has 0 spiro atoms. The minimum Gasteiger partial charge on any atom is -0.351 e. The van der Waals surface area contributed by atoms with E-state index >= 15 is 0 Å². The van der Waals surface area contributed by atoms with E-state index < -0.39 is 0 Å². The largest absolute Gasteiger partial charge is 0.351 e. The summed E-state index contributed by atoms with van der Waals surface area (Å²) in [7, 11) is 0. The summed E-state index contributed by atoms with van der Waals surface area (Å²) in [6.45, 7) is 2.59. The van der Waals surface area contributed by atoms with Crippen LogP contribution < -0.4 is 5.32 Å². The molecule has 5 nitrogen and oxygen atoms in total. The Hall–Kier alpha value is -2.44. The van der Waals surface area contributed by atoms with Crippen molar-refractivity contribution in [3.05, 3.63) is 70.5 Å². The van der Waals surface area contributed by atoms with Crippen molar-refractivity contribution in [1.82, 2.24) is 15.1 Å². The van der Waals surface area contributed by atoms with Gasteiger partial charge in [0, 0.05) is 48.9 Å². The lowest BCUT2D eigenvalue weighted by molar-refractivity contribution is -0.129. The van der Waals surface area contributed by atoms with Crippen LogP contribution in [0, 0.1) is 11.7 Å². The van der Waals surface area contributed by atoms with Crippen LogP contribution in [-0.4, -0.2) is 53.8 Å². The average Bonchev–Trinajstić information content (AvgIpc) is 3.33. The Bertz CT molecular complexity index is 956. The van der Waals surface area contributed by atoms with Gasteiger partial charge in [0.15, 0.2) is 0 Å². The molecule has 0 bridgehead atoms. The summed E-state index contributed by atoms with van der Waals surface area (Å²) in [6.07, 6.45) is 4.32. The van der Waals surface area contributed by atoms with Crippen molar-refractivity contribution in [3.63, 3.8) is 0 Å². The molecule has 0 aromatic heterocycles. The Morgan fingerprint density at radius 1 is 1.03 bits per heavy atom. The molecule has 7 heteroatoms. The number of nitrogens with one attached hydrogen (secondary N) is 1. The molecule has 1 heterocycles. The summed E-state index contributed by atoms with van der Waals surface area (Å²) in [5, 5.41) is 3.51. The topological polar surface area (TPSA) is 52.7 Å². The molecular weight excluding hydrogens is 429 g/mol. The maximum Gasteiger partial charge on any atom is 0.253 e. The zero-order chi connectivity index (χ0) is 22.5. The van der Waals surface area contributed by atoms with Gasteiger partial charge in [0.1, 0.15) is 5.82 Å². The minimum absolute atomic E-state index is 0.0337. The molecule has 1 aliphatic heterocycles. The van der Waals surface area contributed by atoms with Crippen molar-refractivity contribution in [3.8, 4) is 0 Å². The molecule has 2 fully saturated rings. The van der Waals surface area contributed by atoms with E-state index in [1.165, 1.54) is 6.07 Å². The molecule has 1 aliphatic carbocycles. The monoisotopic (exact) mass is 457 g/mol. The Labute approximate surface area is 193 Å². The van der Waals surface area contributed by atoms with E-state index in [-0.39, 0.29) is 30.2 Å². The number of nitrogens with zero attached hydrogens (tertiary/aromatic N) is 2. The summed E-state index contributed by atoms with van der Waals surface area (Å²) in [5.74, 6) is -0.0903. The van der Waals surface area contributed by atoms with Crippen LogP contribution in [0.4, 0.5) is 4.39 Å². The molecule has 1 unspecified atom stereocenters. The first-order valence-electron chi connectivity index (χ1n) is 11.3. The van der Waals surface area contributed by atoms with Crippen molar-refractivity contribution in [1.29, 1.82) is 0 Å². The van der Waals surface area contributed by atoms with Gasteiger partial charge >= 0.3 is 0 Å². The standard InChI is InChI=1S/C25H29ClFN3O2/c26-21-10-5-9-19(16-21)25(32)30-14-12-29(13-15-30)23(18-6-1-2-7-18)24(31)28-17-20-8-3-4-11-22(20)27/h3-5,8-11,16,18,23H,1-2,6-7,12-15,17H2,(H,28,31). The third-order valence-corrected chi connectivity index (χ3v) is 6.83. The van der Waals surface area contributed by atoms with Gasteiger partial charge in [-0.1, -0.05) is 48.7 Å².